The number of alkyl halides is 2. The molecule has 1 aliphatic heterocycles. The van der Waals surface area contributed by atoms with E-state index in [0.717, 1.165) is 0 Å². The zero-order valence-electron chi connectivity index (χ0n) is 13.9. The molecule has 3 rings (SSSR count). The maximum Gasteiger partial charge on any atom is 0.495 e. The van der Waals surface area contributed by atoms with E-state index in [2.05, 4.69) is 9.83 Å². The van der Waals surface area contributed by atoms with Gasteiger partial charge in [0, 0.05) is 10.9 Å². The Morgan fingerprint density at radius 3 is 2.33 bits per heavy atom. The second-order valence-corrected chi connectivity index (χ2v) is 6.82. The lowest BCUT2D eigenvalue weighted by atomic mass is 9.76. The molecule has 0 saturated carbocycles. The second kappa shape index (κ2) is 5.50. The van der Waals surface area contributed by atoms with E-state index in [9.17, 15) is 8.78 Å². The van der Waals surface area contributed by atoms with Crippen LogP contribution in [-0.4, -0.2) is 23.3 Å². The molecule has 2 heterocycles. The second-order valence-electron chi connectivity index (χ2n) is 6.82. The Morgan fingerprint density at radius 1 is 1.17 bits per heavy atom. The van der Waals surface area contributed by atoms with Gasteiger partial charge in [0.1, 0.15) is 0 Å². The highest BCUT2D eigenvalue weighted by atomic mass is 19.3. The number of aromatic nitrogens is 1. The molecule has 0 spiro atoms. The minimum absolute atomic E-state index is 0.274. The minimum Gasteiger partial charge on any atom is -0.399 e. The van der Waals surface area contributed by atoms with Gasteiger partial charge in [-0.25, -0.2) is 8.78 Å². The molecule has 0 radical (unpaired) electrons. The average molecular weight is 330 g/mol. The van der Waals surface area contributed by atoms with Crippen LogP contribution in [0.1, 0.15) is 39.7 Å². The van der Waals surface area contributed by atoms with Gasteiger partial charge in [-0.2, -0.15) is 0 Å². The predicted molar refractivity (Wildman–Crippen MR) is 88.7 cm³/mol. The molecule has 1 aromatic heterocycles. The molecule has 0 amide bonds. The van der Waals surface area contributed by atoms with E-state index >= 15 is 0 Å². The summed E-state index contributed by atoms with van der Waals surface area (Å²) in [5, 5.41) is 0.513. The first-order chi connectivity index (χ1) is 11.2. The van der Waals surface area contributed by atoms with E-state index in [1.165, 1.54) is 6.07 Å². The normalized spacial score (nSPS) is 19.0. The Bertz CT molecular complexity index is 830. The monoisotopic (exact) mass is 330 g/mol. The van der Waals surface area contributed by atoms with Crippen LogP contribution in [0.2, 0.25) is 0 Å². The van der Waals surface area contributed by atoms with Crippen molar-refractivity contribution in [2.45, 2.75) is 45.3 Å². The highest BCUT2D eigenvalue weighted by molar-refractivity contribution is 6.65. The molecule has 0 bridgehead atoms. The van der Waals surface area contributed by atoms with Gasteiger partial charge in [-0.1, -0.05) is 24.8 Å². The van der Waals surface area contributed by atoms with E-state index in [-0.39, 0.29) is 11.4 Å². The zero-order valence-corrected chi connectivity index (χ0v) is 13.9. The minimum atomic E-state index is -2.77. The fourth-order valence-corrected chi connectivity index (χ4v) is 2.65. The number of hydrogen-bond acceptors (Lipinski definition) is 3. The molecule has 0 atom stereocenters. The number of pyridine rings is 1. The third-order valence-corrected chi connectivity index (χ3v) is 4.75. The Hall–Kier alpha value is -2.04. The maximum atomic E-state index is 13.3. The van der Waals surface area contributed by atoms with Crippen LogP contribution in [0.25, 0.3) is 15.7 Å². The molecule has 0 N–H and O–H groups in total. The predicted octanol–water partition coefficient (Wildman–Crippen LogP) is 4.02. The van der Waals surface area contributed by atoms with Crippen LogP contribution < -0.4 is 5.46 Å². The molecule has 0 unspecified atom stereocenters. The lowest BCUT2D eigenvalue weighted by Gasteiger charge is -2.32. The average Bonchev–Trinajstić information content (AvgIpc) is 2.73. The number of fused-ring (bicyclic) bond motifs is 1. The van der Waals surface area contributed by atoms with Crippen molar-refractivity contribution in [3.8, 4) is 0 Å². The Labute approximate surface area is 139 Å². The summed E-state index contributed by atoms with van der Waals surface area (Å²) < 4.78 is 38.5. The van der Waals surface area contributed by atoms with Crippen LogP contribution in [0.3, 0.4) is 0 Å². The number of halogens is 2. The molecule has 0 aliphatic carbocycles. The molecular weight excluding hydrogens is 313 g/mol. The van der Waals surface area contributed by atoms with Gasteiger partial charge in [0.25, 0.3) is 12.2 Å². The SMILES string of the molecule is [C-]#[N+]c1nc2cccc(B3OC(C)(C)C(C)(C)O3)c2cc1C(F)F. The third-order valence-electron chi connectivity index (χ3n) is 4.75. The van der Waals surface area contributed by atoms with Crippen LogP contribution in [0.15, 0.2) is 24.3 Å². The Morgan fingerprint density at radius 2 is 1.79 bits per heavy atom. The molecule has 1 aliphatic rings. The summed E-state index contributed by atoms with van der Waals surface area (Å²) >= 11 is 0. The quantitative estimate of drug-likeness (QED) is 0.616. The number of nitrogens with zero attached hydrogens (tertiary/aromatic N) is 2. The Kier molecular flexibility index (Phi) is 3.86. The topological polar surface area (TPSA) is 35.7 Å². The van der Waals surface area contributed by atoms with Crippen molar-refractivity contribution in [3.05, 3.63) is 41.2 Å². The molecular formula is C17H17BF2N2O2. The zero-order chi connectivity index (χ0) is 17.7. The van der Waals surface area contributed by atoms with Crippen LogP contribution in [0, 0.1) is 6.57 Å². The van der Waals surface area contributed by atoms with Gasteiger partial charge >= 0.3 is 7.12 Å². The molecule has 7 heteroatoms. The van der Waals surface area contributed by atoms with Crippen LogP contribution >= 0.6 is 0 Å². The third kappa shape index (κ3) is 2.56. The van der Waals surface area contributed by atoms with Crippen molar-refractivity contribution in [1.29, 1.82) is 0 Å². The van der Waals surface area contributed by atoms with Crippen molar-refractivity contribution in [1.82, 2.24) is 4.98 Å². The standard InChI is InChI=1S/C17H17BF2N2O2/c1-16(2)17(3,4)24-18(23-16)12-7-6-8-13-10(12)9-11(14(19)20)15(21-5)22-13/h6-9,14H,1-4H3. The molecule has 1 saturated heterocycles. The van der Waals surface area contributed by atoms with E-state index in [1.54, 1.807) is 18.2 Å². The summed E-state index contributed by atoms with van der Waals surface area (Å²) in [7, 11) is -0.676. The van der Waals surface area contributed by atoms with Crippen molar-refractivity contribution >= 4 is 29.3 Å². The molecule has 24 heavy (non-hydrogen) atoms. The van der Waals surface area contributed by atoms with Gasteiger partial charge in [-0.3, -0.25) is 0 Å². The van der Waals surface area contributed by atoms with Gasteiger partial charge < -0.3 is 14.2 Å². The summed E-state index contributed by atoms with van der Waals surface area (Å²) in [5.41, 5.74) is -0.332. The van der Waals surface area contributed by atoms with Crippen LogP contribution in [0.4, 0.5) is 14.6 Å². The lowest BCUT2D eigenvalue weighted by Crippen LogP contribution is -2.41. The fraction of sp³-hybridized carbons (Fsp3) is 0.412. The van der Waals surface area contributed by atoms with Crippen molar-refractivity contribution in [3.63, 3.8) is 0 Å². The van der Waals surface area contributed by atoms with Crippen LogP contribution in [-0.2, 0) is 9.31 Å². The molecule has 4 nitrogen and oxygen atoms in total. The fourth-order valence-electron chi connectivity index (χ4n) is 2.65. The lowest BCUT2D eigenvalue weighted by molar-refractivity contribution is 0.00578. The first kappa shape index (κ1) is 16.8. The summed E-state index contributed by atoms with van der Waals surface area (Å²) in [6.07, 6.45) is -2.77. The first-order valence-corrected chi connectivity index (χ1v) is 7.61. The first-order valence-electron chi connectivity index (χ1n) is 7.61. The van der Waals surface area contributed by atoms with E-state index in [4.69, 9.17) is 15.9 Å². The molecule has 1 fully saturated rings. The van der Waals surface area contributed by atoms with E-state index < -0.39 is 24.7 Å². The summed E-state index contributed by atoms with van der Waals surface area (Å²) in [4.78, 5) is 7.19. The van der Waals surface area contributed by atoms with E-state index in [0.29, 0.717) is 16.4 Å². The summed E-state index contributed by atoms with van der Waals surface area (Å²) in [5.74, 6) is -0.274. The van der Waals surface area contributed by atoms with Crippen molar-refractivity contribution in [2.75, 3.05) is 0 Å². The number of hydrogen-bond donors (Lipinski definition) is 0. The molecule has 1 aromatic carbocycles. The van der Waals surface area contributed by atoms with Gasteiger partial charge in [0.15, 0.2) is 5.52 Å². The smallest absolute Gasteiger partial charge is 0.399 e. The van der Waals surface area contributed by atoms with Crippen LogP contribution in [0.5, 0.6) is 0 Å². The largest absolute Gasteiger partial charge is 0.495 e. The van der Waals surface area contributed by atoms with Crippen molar-refractivity contribution < 1.29 is 18.1 Å². The van der Waals surface area contributed by atoms with Crippen molar-refractivity contribution in [2.24, 2.45) is 0 Å². The van der Waals surface area contributed by atoms with Gasteiger partial charge in [0.2, 0.25) is 0 Å². The highest BCUT2D eigenvalue weighted by Gasteiger charge is 2.52. The molecule has 124 valence electrons. The Balaban J connectivity index is 2.17. The molecule has 2 aromatic rings. The highest BCUT2D eigenvalue weighted by Crippen LogP contribution is 2.37. The van der Waals surface area contributed by atoms with Gasteiger partial charge in [-0.15, -0.1) is 4.98 Å². The summed E-state index contributed by atoms with van der Waals surface area (Å²) in [6.45, 7) is 14.8. The van der Waals surface area contributed by atoms with Gasteiger partial charge in [-0.05, 0) is 39.2 Å². The van der Waals surface area contributed by atoms with Gasteiger partial charge in [0.05, 0.1) is 11.2 Å². The summed E-state index contributed by atoms with van der Waals surface area (Å²) in [6, 6.07) is 6.54. The number of rotatable bonds is 2. The maximum absolute atomic E-state index is 13.3. The number of benzene rings is 1. The van der Waals surface area contributed by atoms with E-state index in [1.807, 2.05) is 27.7 Å².